The molecule has 1 fully saturated rings. The first kappa shape index (κ1) is 22.8. The van der Waals surface area contributed by atoms with Crippen molar-refractivity contribution in [3.63, 3.8) is 0 Å². The molecule has 174 valence electrons. The lowest BCUT2D eigenvalue weighted by Crippen LogP contribution is -2.24. The van der Waals surface area contributed by atoms with Gasteiger partial charge in [-0.05, 0) is 30.9 Å². The summed E-state index contributed by atoms with van der Waals surface area (Å²) in [6.45, 7) is 6.26. The fourth-order valence-electron chi connectivity index (χ4n) is 4.20. The zero-order valence-electron chi connectivity index (χ0n) is 19.3. The number of hydrogen-bond acceptors (Lipinski definition) is 6. The van der Waals surface area contributed by atoms with Crippen molar-refractivity contribution in [1.29, 1.82) is 0 Å². The van der Waals surface area contributed by atoms with E-state index in [-0.39, 0.29) is 11.8 Å². The molecule has 0 bridgehead atoms. The summed E-state index contributed by atoms with van der Waals surface area (Å²) in [6, 6.07) is 12.2. The van der Waals surface area contributed by atoms with Gasteiger partial charge < -0.3 is 24.7 Å². The number of aryl methyl sites for hydroxylation is 1. The Hall–Kier alpha value is -3.39. The number of rotatable bonds is 8. The third-order valence-electron chi connectivity index (χ3n) is 6.12. The van der Waals surface area contributed by atoms with Gasteiger partial charge >= 0.3 is 5.97 Å². The third-order valence-corrected chi connectivity index (χ3v) is 6.12. The first-order valence-corrected chi connectivity index (χ1v) is 11.3. The van der Waals surface area contributed by atoms with Crippen LogP contribution >= 0.6 is 0 Å². The summed E-state index contributed by atoms with van der Waals surface area (Å²) in [5.74, 6) is -0.616. The van der Waals surface area contributed by atoms with Crippen LogP contribution in [-0.4, -0.2) is 48.3 Å². The maximum atomic E-state index is 12.9. The summed E-state index contributed by atoms with van der Waals surface area (Å²) in [5.41, 5.74) is 3.41. The minimum absolute atomic E-state index is 0.163. The molecule has 2 aromatic heterocycles. The molecular weight excluding hydrogens is 420 g/mol. The predicted octanol–water partition coefficient (Wildman–Crippen LogP) is 4.03. The van der Waals surface area contributed by atoms with Crippen molar-refractivity contribution in [1.82, 2.24) is 9.55 Å². The van der Waals surface area contributed by atoms with Crippen molar-refractivity contribution in [2.24, 2.45) is 5.92 Å². The Kier molecular flexibility index (Phi) is 6.93. The monoisotopic (exact) mass is 450 g/mol. The number of benzene rings is 1. The number of carbonyl (C=O) groups excluding carboxylic acids is 2. The van der Waals surface area contributed by atoms with Crippen LogP contribution in [0.2, 0.25) is 0 Å². The van der Waals surface area contributed by atoms with Crippen LogP contribution in [0.25, 0.3) is 11.0 Å². The molecule has 2 N–H and O–H groups in total. The Morgan fingerprint density at radius 3 is 2.76 bits per heavy atom. The largest absolute Gasteiger partial charge is 0.464 e. The van der Waals surface area contributed by atoms with Crippen LogP contribution in [0.5, 0.6) is 0 Å². The number of esters is 1. The number of nitrogens with zero attached hydrogens (tertiary/aromatic N) is 2. The number of methoxy groups -OCH3 is 1. The minimum atomic E-state index is -0.514. The number of ether oxygens (including phenoxy) is 2. The standard InChI is InChI=1S/C25H30N4O4/c1-4-29-22(25(31)32-3)21(28-24(30)18-10-11-33-15-18)20-12-19(14-27-23(20)29)26-13-16(2)17-8-6-5-7-9-17/h5-9,12,14,16,18,26H,4,10-11,13,15H2,1-3H3,(H,28,30). The first-order chi connectivity index (χ1) is 16.0. The summed E-state index contributed by atoms with van der Waals surface area (Å²) in [4.78, 5) is 30.2. The molecule has 1 aromatic carbocycles. The third kappa shape index (κ3) is 4.71. The van der Waals surface area contributed by atoms with Crippen LogP contribution in [-0.2, 0) is 20.8 Å². The maximum Gasteiger partial charge on any atom is 0.356 e. The fourth-order valence-corrected chi connectivity index (χ4v) is 4.20. The Morgan fingerprint density at radius 1 is 1.30 bits per heavy atom. The van der Waals surface area contributed by atoms with Crippen molar-refractivity contribution in [3.8, 4) is 0 Å². The normalized spacial score (nSPS) is 16.5. The molecule has 0 aliphatic carbocycles. The molecule has 4 rings (SSSR count). The van der Waals surface area contributed by atoms with E-state index < -0.39 is 5.97 Å². The van der Waals surface area contributed by atoms with Gasteiger partial charge in [0.2, 0.25) is 5.91 Å². The highest BCUT2D eigenvalue weighted by Gasteiger charge is 2.29. The number of nitrogens with one attached hydrogen (secondary N) is 2. The molecule has 1 aliphatic heterocycles. The zero-order valence-corrected chi connectivity index (χ0v) is 19.3. The number of anilines is 2. The molecule has 8 heteroatoms. The van der Waals surface area contributed by atoms with E-state index in [4.69, 9.17) is 9.47 Å². The highest BCUT2D eigenvalue weighted by atomic mass is 16.5. The molecule has 1 amide bonds. The number of pyridine rings is 1. The van der Waals surface area contributed by atoms with Crippen LogP contribution in [0, 0.1) is 5.92 Å². The van der Waals surface area contributed by atoms with E-state index in [0.29, 0.717) is 54.5 Å². The second-order valence-corrected chi connectivity index (χ2v) is 8.30. The molecule has 0 spiro atoms. The SMILES string of the molecule is CCn1c(C(=O)OC)c(NC(=O)C2CCOC2)c2cc(NCC(C)c3ccccc3)cnc21. The van der Waals surface area contributed by atoms with Crippen molar-refractivity contribution >= 4 is 34.3 Å². The smallest absolute Gasteiger partial charge is 0.356 e. The van der Waals surface area contributed by atoms with Crippen molar-refractivity contribution in [2.45, 2.75) is 32.7 Å². The van der Waals surface area contributed by atoms with Gasteiger partial charge in [-0.1, -0.05) is 37.3 Å². The van der Waals surface area contributed by atoms with Gasteiger partial charge in [0.1, 0.15) is 5.65 Å². The summed E-state index contributed by atoms with van der Waals surface area (Å²) >= 11 is 0. The van der Waals surface area contributed by atoms with E-state index in [9.17, 15) is 9.59 Å². The molecule has 2 unspecified atom stereocenters. The summed E-state index contributed by atoms with van der Waals surface area (Å²) in [7, 11) is 1.34. The first-order valence-electron chi connectivity index (χ1n) is 11.3. The Bertz CT molecular complexity index is 1140. The van der Waals surface area contributed by atoms with Gasteiger partial charge in [-0.2, -0.15) is 0 Å². The van der Waals surface area contributed by atoms with Gasteiger partial charge in [-0.25, -0.2) is 9.78 Å². The quantitative estimate of drug-likeness (QED) is 0.503. The van der Waals surface area contributed by atoms with E-state index in [1.807, 2.05) is 31.2 Å². The number of amides is 1. The molecule has 3 aromatic rings. The van der Waals surface area contributed by atoms with Gasteiger partial charge in [-0.3, -0.25) is 4.79 Å². The maximum absolute atomic E-state index is 12.9. The minimum Gasteiger partial charge on any atom is -0.464 e. The van der Waals surface area contributed by atoms with E-state index >= 15 is 0 Å². The van der Waals surface area contributed by atoms with E-state index in [1.54, 1.807) is 10.8 Å². The summed E-state index contributed by atoms with van der Waals surface area (Å²) in [5, 5.41) is 7.11. The van der Waals surface area contributed by atoms with E-state index in [2.05, 4.69) is 34.7 Å². The molecular formula is C25H30N4O4. The Morgan fingerprint density at radius 2 is 2.09 bits per heavy atom. The molecule has 1 saturated heterocycles. The van der Waals surface area contributed by atoms with Crippen LogP contribution < -0.4 is 10.6 Å². The van der Waals surface area contributed by atoms with Crippen LogP contribution in [0.3, 0.4) is 0 Å². The number of aromatic nitrogens is 2. The van der Waals surface area contributed by atoms with E-state index in [1.165, 1.54) is 12.7 Å². The second kappa shape index (κ2) is 10.0. The number of hydrogen-bond donors (Lipinski definition) is 2. The topological polar surface area (TPSA) is 94.5 Å². The lowest BCUT2D eigenvalue weighted by atomic mass is 10.0. The number of carbonyl (C=O) groups is 2. The van der Waals surface area contributed by atoms with Gasteiger partial charge in [0.05, 0.1) is 37.2 Å². The molecule has 8 nitrogen and oxygen atoms in total. The molecule has 0 radical (unpaired) electrons. The lowest BCUT2D eigenvalue weighted by Gasteiger charge is -2.14. The van der Waals surface area contributed by atoms with Gasteiger partial charge in [-0.15, -0.1) is 0 Å². The van der Waals surface area contributed by atoms with Gasteiger partial charge in [0.25, 0.3) is 0 Å². The Balaban J connectivity index is 1.67. The average Bonchev–Trinajstić information content (AvgIpc) is 3.49. The average molecular weight is 451 g/mol. The van der Waals surface area contributed by atoms with Crippen molar-refractivity contribution in [3.05, 3.63) is 53.9 Å². The second-order valence-electron chi connectivity index (χ2n) is 8.30. The van der Waals surface area contributed by atoms with Crippen molar-refractivity contribution in [2.75, 3.05) is 37.5 Å². The summed E-state index contributed by atoms with van der Waals surface area (Å²) in [6.07, 6.45) is 2.41. The van der Waals surface area contributed by atoms with Crippen LogP contribution in [0.15, 0.2) is 42.6 Å². The molecule has 3 heterocycles. The molecule has 1 aliphatic rings. The highest BCUT2D eigenvalue weighted by molar-refractivity contribution is 6.11. The molecule has 33 heavy (non-hydrogen) atoms. The predicted molar refractivity (Wildman–Crippen MR) is 128 cm³/mol. The van der Waals surface area contributed by atoms with Crippen molar-refractivity contribution < 1.29 is 19.1 Å². The lowest BCUT2D eigenvalue weighted by molar-refractivity contribution is -0.119. The molecule has 2 atom stereocenters. The number of fused-ring (bicyclic) bond motifs is 1. The van der Waals surface area contributed by atoms with Crippen LogP contribution in [0.4, 0.5) is 11.4 Å². The van der Waals surface area contributed by atoms with Gasteiger partial charge in [0, 0.05) is 25.1 Å². The summed E-state index contributed by atoms with van der Waals surface area (Å²) < 4.78 is 12.2. The zero-order chi connectivity index (χ0) is 23.4. The Labute approximate surface area is 193 Å². The van der Waals surface area contributed by atoms with E-state index in [0.717, 1.165) is 12.2 Å². The van der Waals surface area contributed by atoms with Crippen LogP contribution in [0.1, 0.15) is 42.2 Å². The highest BCUT2D eigenvalue weighted by Crippen LogP contribution is 2.33. The molecule has 0 saturated carbocycles. The fraction of sp³-hybridized carbons (Fsp3) is 0.400. The van der Waals surface area contributed by atoms with Gasteiger partial charge in [0.15, 0.2) is 5.69 Å².